The third-order valence-electron chi connectivity index (χ3n) is 3.62. The van der Waals surface area contributed by atoms with Gasteiger partial charge in [-0.3, -0.25) is 14.9 Å². The van der Waals surface area contributed by atoms with Gasteiger partial charge >= 0.3 is 11.9 Å². The number of benzene rings is 2. The van der Waals surface area contributed by atoms with Crippen LogP contribution < -0.4 is 4.74 Å². The summed E-state index contributed by atoms with van der Waals surface area (Å²) in [5.41, 5.74) is 1.12. The number of aliphatic carboxylic acids is 1. The van der Waals surface area contributed by atoms with Crippen LogP contribution in [-0.4, -0.2) is 28.6 Å². The van der Waals surface area contributed by atoms with E-state index in [9.17, 15) is 19.7 Å². The largest absolute Gasteiger partial charge is 0.493 e. The van der Waals surface area contributed by atoms with Crippen LogP contribution in [0.1, 0.15) is 24.0 Å². The Morgan fingerprint density at radius 3 is 2.57 bits per heavy atom. The molecule has 0 heterocycles. The van der Waals surface area contributed by atoms with Crippen molar-refractivity contribution in [2.24, 2.45) is 0 Å². The summed E-state index contributed by atoms with van der Waals surface area (Å²) < 4.78 is 10.6. The summed E-state index contributed by atoms with van der Waals surface area (Å²) in [7, 11) is 0. The molecule has 28 heavy (non-hydrogen) atoms. The molecule has 0 fully saturated rings. The van der Waals surface area contributed by atoms with Crippen LogP contribution in [0.3, 0.4) is 0 Å². The Kier molecular flexibility index (Phi) is 7.71. The molecule has 2 aromatic rings. The fourth-order valence-electron chi connectivity index (χ4n) is 2.24. The molecule has 2 rings (SSSR count). The van der Waals surface area contributed by atoms with Gasteiger partial charge in [-0.25, -0.2) is 4.79 Å². The highest BCUT2D eigenvalue weighted by atomic mass is 16.6. The molecule has 0 aliphatic heterocycles. The number of hydrogen-bond donors (Lipinski definition) is 1. The summed E-state index contributed by atoms with van der Waals surface area (Å²) in [6.45, 7) is 0.204. The van der Waals surface area contributed by atoms with Crippen molar-refractivity contribution in [3.63, 3.8) is 0 Å². The van der Waals surface area contributed by atoms with Crippen molar-refractivity contribution in [2.75, 3.05) is 6.61 Å². The van der Waals surface area contributed by atoms with E-state index >= 15 is 0 Å². The van der Waals surface area contributed by atoms with Crippen LogP contribution in [0.15, 0.2) is 54.6 Å². The lowest BCUT2D eigenvalue weighted by molar-refractivity contribution is -0.384. The van der Waals surface area contributed by atoms with Crippen molar-refractivity contribution in [1.82, 2.24) is 0 Å². The predicted octanol–water partition coefficient (Wildman–Crippen LogP) is 3.60. The number of rotatable bonds is 10. The summed E-state index contributed by atoms with van der Waals surface area (Å²) in [4.78, 5) is 32.8. The number of nitrogens with zero attached hydrogens (tertiary/aromatic N) is 1. The molecule has 8 heteroatoms. The lowest BCUT2D eigenvalue weighted by atomic mass is 10.1. The summed E-state index contributed by atoms with van der Waals surface area (Å²) in [6.07, 6.45) is 2.81. The standard InChI is InChI=1S/C20H19NO7/c22-19(23)7-4-12-27-18-13-17(21(25)26)10-8-16(18)9-11-20(24)28-14-15-5-2-1-3-6-15/h1-3,5-6,8-11,13H,4,7,12,14H2,(H,22,23). The average molecular weight is 385 g/mol. The predicted molar refractivity (Wildman–Crippen MR) is 101 cm³/mol. The van der Waals surface area contributed by atoms with E-state index in [1.165, 1.54) is 30.4 Å². The Hall–Kier alpha value is -3.68. The molecule has 146 valence electrons. The van der Waals surface area contributed by atoms with Gasteiger partial charge < -0.3 is 14.6 Å². The van der Waals surface area contributed by atoms with Gasteiger partial charge in [0.1, 0.15) is 12.4 Å². The molecule has 0 bridgehead atoms. The maximum absolute atomic E-state index is 11.9. The highest BCUT2D eigenvalue weighted by molar-refractivity contribution is 5.87. The number of carbonyl (C=O) groups is 2. The Morgan fingerprint density at radius 1 is 1.14 bits per heavy atom. The van der Waals surface area contributed by atoms with Gasteiger partial charge in [0.05, 0.1) is 17.6 Å². The first-order valence-corrected chi connectivity index (χ1v) is 8.47. The molecule has 0 saturated carbocycles. The normalized spacial score (nSPS) is 10.6. The van der Waals surface area contributed by atoms with Crippen LogP contribution in [0, 0.1) is 10.1 Å². The summed E-state index contributed by atoms with van der Waals surface area (Å²) in [6, 6.07) is 13.2. The quantitative estimate of drug-likeness (QED) is 0.218. The number of esters is 1. The molecule has 0 aliphatic carbocycles. The summed E-state index contributed by atoms with van der Waals surface area (Å²) >= 11 is 0. The molecule has 2 aromatic carbocycles. The maximum Gasteiger partial charge on any atom is 0.331 e. The van der Waals surface area contributed by atoms with E-state index in [2.05, 4.69) is 0 Å². The Balaban J connectivity index is 2.02. The molecular weight excluding hydrogens is 366 g/mol. The molecule has 0 aliphatic rings. The second-order valence-electron chi connectivity index (χ2n) is 5.75. The van der Waals surface area contributed by atoms with Crippen LogP contribution in [0.4, 0.5) is 5.69 Å². The van der Waals surface area contributed by atoms with Crippen LogP contribution in [0.2, 0.25) is 0 Å². The van der Waals surface area contributed by atoms with Crippen molar-refractivity contribution in [1.29, 1.82) is 0 Å². The molecule has 0 spiro atoms. The molecule has 0 unspecified atom stereocenters. The fraction of sp³-hybridized carbons (Fsp3) is 0.200. The number of carboxylic acid groups (broad SMARTS) is 1. The van der Waals surface area contributed by atoms with Gasteiger partial charge in [0.25, 0.3) is 5.69 Å². The molecule has 1 N–H and O–H groups in total. The Bertz CT molecular complexity index is 862. The van der Waals surface area contributed by atoms with Crippen LogP contribution in [0.5, 0.6) is 5.75 Å². The maximum atomic E-state index is 11.9. The second kappa shape index (κ2) is 10.5. The fourth-order valence-corrected chi connectivity index (χ4v) is 2.24. The summed E-state index contributed by atoms with van der Waals surface area (Å²) in [5, 5.41) is 19.6. The van der Waals surface area contributed by atoms with E-state index in [-0.39, 0.29) is 37.5 Å². The molecule has 0 saturated heterocycles. The van der Waals surface area contributed by atoms with E-state index in [0.29, 0.717) is 5.56 Å². The topological polar surface area (TPSA) is 116 Å². The van der Waals surface area contributed by atoms with E-state index in [1.807, 2.05) is 30.3 Å². The number of ether oxygens (including phenoxy) is 2. The Morgan fingerprint density at radius 2 is 1.89 bits per heavy atom. The monoisotopic (exact) mass is 385 g/mol. The smallest absolute Gasteiger partial charge is 0.331 e. The van der Waals surface area contributed by atoms with Gasteiger partial charge in [-0.2, -0.15) is 0 Å². The molecule has 0 radical (unpaired) electrons. The summed E-state index contributed by atoms with van der Waals surface area (Å²) in [5.74, 6) is -1.34. The number of nitro benzene ring substituents is 1. The first-order valence-electron chi connectivity index (χ1n) is 8.47. The minimum absolute atomic E-state index is 0.0762. The number of carboxylic acids is 1. The van der Waals surface area contributed by atoms with E-state index in [0.717, 1.165) is 5.56 Å². The highest BCUT2D eigenvalue weighted by Gasteiger charge is 2.11. The second-order valence-corrected chi connectivity index (χ2v) is 5.75. The van der Waals surface area contributed by atoms with Gasteiger partial charge in [-0.05, 0) is 24.1 Å². The first kappa shape index (κ1) is 20.6. The zero-order chi connectivity index (χ0) is 20.4. The third kappa shape index (κ3) is 6.91. The van der Waals surface area contributed by atoms with Gasteiger partial charge in [-0.15, -0.1) is 0 Å². The zero-order valence-electron chi connectivity index (χ0n) is 14.9. The van der Waals surface area contributed by atoms with Crippen molar-refractivity contribution in [2.45, 2.75) is 19.4 Å². The van der Waals surface area contributed by atoms with Crippen molar-refractivity contribution in [3.8, 4) is 5.75 Å². The van der Waals surface area contributed by atoms with E-state index in [1.54, 1.807) is 0 Å². The highest BCUT2D eigenvalue weighted by Crippen LogP contribution is 2.26. The van der Waals surface area contributed by atoms with Crippen LogP contribution in [-0.2, 0) is 20.9 Å². The van der Waals surface area contributed by atoms with Crippen molar-refractivity contribution >= 4 is 23.7 Å². The number of non-ortho nitro benzene ring substituents is 1. The van der Waals surface area contributed by atoms with Crippen molar-refractivity contribution in [3.05, 3.63) is 75.8 Å². The number of carbonyl (C=O) groups excluding carboxylic acids is 1. The average Bonchev–Trinajstić information content (AvgIpc) is 2.69. The zero-order valence-corrected chi connectivity index (χ0v) is 14.9. The van der Waals surface area contributed by atoms with E-state index < -0.39 is 16.9 Å². The molecule has 0 aromatic heterocycles. The SMILES string of the molecule is O=C(O)CCCOc1cc([N+](=O)[O-])ccc1C=CC(=O)OCc1ccccc1. The molecule has 0 atom stereocenters. The van der Waals surface area contributed by atoms with Crippen LogP contribution >= 0.6 is 0 Å². The van der Waals surface area contributed by atoms with Gasteiger partial charge in [0.2, 0.25) is 0 Å². The van der Waals surface area contributed by atoms with Crippen LogP contribution in [0.25, 0.3) is 6.08 Å². The molecule has 0 amide bonds. The first-order chi connectivity index (χ1) is 13.5. The van der Waals surface area contributed by atoms with Gasteiger partial charge in [0, 0.05) is 24.1 Å². The molecule has 8 nitrogen and oxygen atoms in total. The minimum Gasteiger partial charge on any atom is -0.493 e. The third-order valence-corrected chi connectivity index (χ3v) is 3.62. The van der Waals surface area contributed by atoms with Gasteiger partial charge in [-0.1, -0.05) is 30.3 Å². The number of nitro groups is 1. The lowest BCUT2D eigenvalue weighted by Crippen LogP contribution is -2.04. The minimum atomic E-state index is -0.955. The Labute approximate surface area is 161 Å². The molecular formula is C20H19NO7. The number of hydrogen-bond acceptors (Lipinski definition) is 6. The van der Waals surface area contributed by atoms with E-state index in [4.69, 9.17) is 14.6 Å². The van der Waals surface area contributed by atoms with Gasteiger partial charge in [0.15, 0.2) is 0 Å². The lowest BCUT2D eigenvalue weighted by Gasteiger charge is -2.09. The van der Waals surface area contributed by atoms with Crippen molar-refractivity contribution < 1.29 is 29.1 Å².